The van der Waals surface area contributed by atoms with Gasteiger partial charge in [-0.1, -0.05) is 12.1 Å². The number of carboxylic acids is 1. The molecule has 0 aromatic carbocycles. The summed E-state index contributed by atoms with van der Waals surface area (Å²) >= 11 is 2.88. The lowest BCUT2D eigenvalue weighted by molar-refractivity contribution is -0.170. The Morgan fingerprint density at radius 3 is 2.13 bits per heavy atom. The normalized spacial score (nSPS) is 22.1. The van der Waals surface area contributed by atoms with Crippen LogP contribution in [0.25, 0.3) is 0 Å². The van der Waals surface area contributed by atoms with Crippen molar-refractivity contribution >= 4 is 28.6 Å². The summed E-state index contributed by atoms with van der Waals surface area (Å²) < 4.78 is 6.32. The molecule has 0 saturated heterocycles. The molecule has 6 heteroatoms. The first-order valence-corrected chi connectivity index (χ1v) is 9.59. The molecule has 124 valence electrons. The van der Waals surface area contributed by atoms with E-state index >= 15 is 0 Å². The highest BCUT2D eigenvalue weighted by atomic mass is 32.1. The molecule has 2 N–H and O–H groups in total. The number of rotatable bonds is 6. The Morgan fingerprint density at radius 2 is 1.74 bits per heavy atom. The first kappa shape index (κ1) is 16.6. The third-order valence-corrected chi connectivity index (χ3v) is 6.40. The fraction of sp³-hybridized carbons (Fsp3) is 0.471. The molecule has 1 fully saturated rings. The number of aliphatic carboxylic acids is 1. The molecule has 2 aromatic heterocycles. The van der Waals surface area contributed by atoms with Gasteiger partial charge < -0.3 is 15.2 Å². The Hall–Kier alpha value is -1.21. The molecule has 1 aliphatic rings. The van der Waals surface area contributed by atoms with Gasteiger partial charge in [0.2, 0.25) is 5.60 Å². The minimum absolute atomic E-state index is 0.0279. The van der Waals surface area contributed by atoms with Crippen molar-refractivity contribution in [3.8, 4) is 0 Å². The average molecular weight is 351 g/mol. The Bertz CT molecular complexity index is 582. The summed E-state index contributed by atoms with van der Waals surface area (Å²) in [5.41, 5.74) is -1.38. The molecule has 0 amide bonds. The van der Waals surface area contributed by atoms with Crippen LogP contribution in [0, 0.1) is 0 Å². The van der Waals surface area contributed by atoms with Gasteiger partial charge in [-0.25, -0.2) is 4.79 Å². The summed E-state index contributed by atoms with van der Waals surface area (Å²) in [5, 5.41) is 17.2. The van der Waals surface area contributed by atoms with Crippen molar-refractivity contribution in [1.29, 1.82) is 0 Å². The van der Waals surface area contributed by atoms with Crippen LogP contribution in [-0.4, -0.2) is 30.3 Å². The number of hydrogen-bond acceptors (Lipinski definition) is 5. The smallest absolute Gasteiger partial charge is 0.347 e. The van der Waals surface area contributed by atoms with Crippen molar-refractivity contribution in [3.63, 3.8) is 0 Å². The number of carboxylic acid groups (broad SMARTS) is 1. The number of hydrogen-bond donors (Lipinski definition) is 2. The fourth-order valence-corrected chi connectivity index (χ4v) is 4.98. The Morgan fingerprint density at radius 1 is 1.17 bits per heavy atom. The van der Waals surface area contributed by atoms with E-state index in [1.165, 1.54) is 22.7 Å². The zero-order chi connectivity index (χ0) is 16.3. The van der Waals surface area contributed by atoms with Crippen LogP contribution in [0.15, 0.2) is 35.0 Å². The zero-order valence-electron chi connectivity index (χ0n) is 13.0. The van der Waals surface area contributed by atoms with E-state index in [4.69, 9.17) is 4.74 Å². The van der Waals surface area contributed by atoms with E-state index < -0.39 is 11.6 Å². The number of nitrogens with one attached hydrogen (secondary N) is 1. The van der Waals surface area contributed by atoms with Gasteiger partial charge in [-0.15, -0.1) is 22.7 Å². The second kappa shape index (κ2) is 7.13. The quantitative estimate of drug-likeness (QED) is 0.833. The fourth-order valence-electron chi connectivity index (χ4n) is 3.18. The van der Waals surface area contributed by atoms with Gasteiger partial charge in [0.1, 0.15) is 0 Å². The number of thiophene rings is 2. The molecule has 2 aromatic rings. The monoisotopic (exact) mass is 351 g/mol. The highest BCUT2D eigenvalue weighted by molar-refractivity contribution is 7.12. The second-order valence-corrected chi connectivity index (χ2v) is 7.72. The van der Waals surface area contributed by atoms with E-state index in [-0.39, 0.29) is 6.10 Å². The average Bonchev–Trinajstić information content (AvgIpc) is 3.26. The molecular weight excluding hydrogens is 330 g/mol. The van der Waals surface area contributed by atoms with Gasteiger partial charge in [0.05, 0.1) is 15.9 Å². The number of carbonyl (C=O) groups is 1. The van der Waals surface area contributed by atoms with Crippen LogP contribution in [0.2, 0.25) is 0 Å². The largest absolute Gasteiger partial charge is 0.479 e. The van der Waals surface area contributed by atoms with Gasteiger partial charge >= 0.3 is 5.97 Å². The second-order valence-electron chi connectivity index (χ2n) is 5.82. The molecule has 2 heterocycles. The van der Waals surface area contributed by atoms with Crippen molar-refractivity contribution in [3.05, 3.63) is 44.8 Å². The van der Waals surface area contributed by atoms with Crippen LogP contribution in [-0.2, 0) is 15.1 Å². The van der Waals surface area contributed by atoms with E-state index in [1.54, 1.807) is 0 Å². The minimum Gasteiger partial charge on any atom is -0.479 e. The van der Waals surface area contributed by atoms with Gasteiger partial charge in [-0.05, 0) is 55.6 Å². The first-order chi connectivity index (χ1) is 11.2. The van der Waals surface area contributed by atoms with Gasteiger partial charge in [-0.2, -0.15) is 0 Å². The lowest BCUT2D eigenvalue weighted by Crippen LogP contribution is -2.43. The lowest BCUT2D eigenvalue weighted by atomic mass is 9.91. The zero-order valence-corrected chi connectivity index (χ0v) is 14.7. The maximum atomic E-state index is 12.3. The third kappa shape index (κ3) is 3.21. The molecule has 0 spiro atoms. The van der Waals surface area contributed by atoms with Crippen LogP contribution < -0.4 is 5.32 Å². The summed E-state index contributed by atoms with van der Waals surface area (Å²) in [7, 11) is 1.98. The Kier molecular flexibility index (Phi) is 5.16. The molecule has 0 aliphatic heterocycles. The third-order valence-electron chi connectivity index (χ3n) is 4.46. The van der Waals surface area contributed by atoms with Crippen molar-refractivity contribution in [1.82, 2.24) is 5.32 Å². The van der Waals surface area contributed by atoms with Crippen LogP contribution in [0.1, 0.15) is 35.4 Å². The topological polar surface area (TPSA) is 58.6 Å². The van der Waals surface area contributed by atoms with Crippen LogP contribution in [0.3, 0.4) is 0 Å². The van der Waals surface area contributed by atoms with Crippen molar-refractivity contribution in [2.24, 2.45) is 0 Å². The molecule has 0 atom stereocenters. The minimum atomic E-state index is -1.38. The van der Waals surface area contributed by atoms with E-state index in [9.17, 15) is 9.90 Å². The summed E-state index contributed by atoms with van der Waals surface area (Å²) in [6.45, 7) is 0. The summed E-state index contributed by atoms with van der Waals surface area (Å²) in [6.07, 6.45) is 3.78. The Balaban J connectivity index is 1.91. The van der Waals surface area contributed by atoms with E-state index in [1.807, 2.05) is 42.1 Å². The Labute approximate surface area is 144 Å². The van der Waals surface area contributed by atoms with Gasteiger partial charge in [-0.3, -0.25) is 0 Å². The highest BCUT2D eigenvalue weighted by Crippen LogP contribution is 2.42. The van der Waals surface area contributed by atoms with Crippen LogP contribution in [0.5, 0.6) is 0 Å². The molecule has 1 saturated carbocycles. The molecule has 4 nitrogen and oxygen atoms in total. The highest BCUT2D eigenvalue weighted by Gasteiger charge is 2.47. The van der Waals surface area contributed by atoms with Gasteiger partial charge in [0.15, 0.2) is 0 Å². The SMILES string of the molecule is CNC1CCC(OC(C(=O)O)(c2cccs2)c2cccs2)CC1. The summed E-state index contributed by atoms with van der Waals surface area (Å²) in [4.78, 5) is 13.8. The van der Waals surface area contributed by atoms with Crippen molar-refractivity contribution < 1.29 is 14.6 Å². The van der Waals surface area contributed by atoms with E-state index in [0.29, 0.717) is 6.04 Å². The first-order valence-electron chi connectivity index (χ1n) is 7.83. The van der Waals surface area contributed by atoms with E-state index in [0.717, 1.165) is 35.4 Å². The molecule has 0 bridgehead atoms. The lowest BCUT2D eigenvalue weighted by Gasteiger charge is -2.36. The molecule has 0 unspecified atom stereocenters. The van der Waals surface area contributed by atoms with E-state index in [2.05, 4.69) is 5.32 Å². The van der Waals surface area contributed by atoms with Crippen LogP contribution >= 0.6 is 22.7 Å². The maximum Gasteiger partial charge on any atom is 0.347 e. The summed E-state index contributed by atoms with van der Waals surface area (Å²) in [6, 6.07) is 7.99. The van der Waals surface area contributed by atoms with Gasteiger partial charge in [0, 0.05) is 6.04 Å². The molecule has 0 radical (unpaired) electrons. The predicted molar refractivity (Wildman–Crippen MR) is 93.2 cm³/mol. The van der Waals surface area contributed by atoms with Crippen molar-refractivity contribution in [2.75, 3.05) is 7.05 Å². The van der Waals surface area contributed by atoms with Crippen molar-refractivity contribution in [2.45, 2.75) is 43.4 Å². The molecular formula is C17H21NO3S2. The molecule has 23 heavy (non-hydrogen) atoms. The maximum absolute atomic E-state index is 12.3. The molecule has 3 rings (SSSR count). The van der Waals surface area contributed by atoms with Gasteiger partial charge in [0.25, 0.3) is 0 Å². The summed E-state index contributed by atoms with van der Waals surface area (Å²) in [5.74, 6) is -0.932. The molecule has 1 aliphatic carbocycles. The van der Waals surface area contributed by atoms with Crippen LogP contribution in [0.4, 0.5) is 0 Å². The predicted octanol–water partition coefficient (Wildman–Crippen LogP) is 3.69. The standard InChI is InChI=1S/C17H21NO3S2/c1-18-12-6-8-13(9-7-12)21-17(16(19)20,14-4-2-10-22-14)15-5-3-11-23-15/h2-5,10-13,18H,6-9H2,1H3,(H,19,20). The number of ether oxygens (including phenoxy) is 1.